The molecule has 0 saturated carbocycles. The van der Waals surface area contributed by atoms with Crippen LogP contribution in [0.5, 0.6) is 11.8 Å². The number of benzene rings is 2. The number of ether oxygens (including phenoxy) is 1. The predicted molar refractivity (Wildman–Crippen MR) is 186 cm³/mol. The second kappa shape index (κ2) is 13.4. The van der Waals surface area contributed by atoms with E-state index in [4.69, 9.17) is 4.74 Å². The van der Waals surface area contributed by atoms with Crippen molar-refractivity contribution in [1.29, 1.82) is 0 Å². The fraction of sp³-hybridized carbons (Fsp3) is 0.432. The van der Waals surface area contributed by atoms with E-state index in [0.717, 1.165) is 16.0 Å². The van der Waals surface area contributed by atoms with E-state index >= 15 is 8.78 Å². The normalized spacial score (nSPS) is 22.0. The number of halogens is 5. The van der Waals surface area contributed by atoms with Gasteiger partial charge in [0.1, 0.15) is 47.4 Å². The van der Waals surface area contributed by atoms with E-state index < -0.39 is 41.8 Å². The molecule has 0 spiro atoms. The molecule has 1 unspecified atom stereocenters. The van der Waals surface area contributed by atoms with Crippen LogP contribution in [0.25, 0.3) is 32.9 Å². The summed E-state index contributed by atoms with van der Waals surface area (Å²) in [7, 11) is 0. The highest BCUT2D eigenvalue weighted by Crippen LogP contribution is 2.42. The number of phenols is 1. The third-order valence-corrected chi connectivity index (χ3v) is 10.8. The first-order valence-electron chi connectivity index (χ1n) is 17.7. The van der Waals surface area contributed by atoms with Gasteiger partial charge >= 0.3 is 12.0 Å². The average Bonchev–Trinajstić information content (AvgIpc) is 3.83. The Kier molecular flexibility index (Phi) is 8.82. The van der Waals surface area contributed by atoms with Crippen molar-refractivity contribution in [3.63, 3.8) is 0 Å². The van der Waals surface area contributed by atoms with Gasteiger partial charge in [-0.05, 0) is 73.3 Å². The van der Waals surface area contributed by atoms with Gasteiger partial charge in [0, 0.05) is 50.6 Å². The lowest BCUT2D eigenvalue weighted by Crippen LogP contribution is -2.59. The van der Waals surface area contributed by atoms with Crippen LogP contribution >= 0.6 is 0 Å². The number of piperazine rings is 1. The lowest BCUT2D eigenvalue weighted by molar-refractivity contribution is 0.0364. The highest BCUT2D eigenvalue weighted by atomic mass is 19.3. The number of carbonyl (C=O) groups is 1. The molecule has 1 amide bonds. The predicted octanol–water partition coefficient (Wildman–Crippen LogP) is 6.28. The number of carbonyl (C=O) groups excluding carboxylic acids is 1. The van der Waals surface area contributed by atoms with Crippen LogP contribution in [0.15, 0.2) is 42.7 Å². The summed E-state index contributed by atoms with van der Waals surface area (Å²) in [5.74, 6) is -1.54. The van der Waals surface area contributed by atoms with E-state index in [1.807, 2.05) is 4.90 Å². The number of alkyl halides is 3. The van der Waals surface area contributed by atoms with E-state index in [1.54, 1.807) is 19.9 Å². The Hall–Kier alpha value is -5.12. The molecule has 53 heavy (non-hydrogen) atoms. The van der Waals surface area contributed by atoms with Gasteiger partial charge in [-0.1, -0.05) is 13.0 Å². The first-order chi connectivity index (χ1) is 25.5. The zero-order valence-corrected chi connectivity index (χ0v) is 29.1. The van der Waals surface area contributed by atoms with E-state index in [9.17, 15) is 23.1 Å². The number of hydrogen-bond acceptors (Lipinski definition) is 9. The fourth-order valence-corrected chi connectivity index (χ4v) is 8.30. The van der Waals surface area contributed by atoms with Gasteiger partial charge in [0.15, 0.2) is 5.82 Å². The molecule has 2 aromatic carbocycles. The van der Waals surface area contributed by atoms with Gasteiger partial charge in [0.2, 0.25) is 0 Å². The second-order valence-corrected chi connectivity index (χ2v) is 14.1. The molecule has 3 aliphatic rings. The molecule has 5 aromatic rings. The standard InChI is InChI=1S/C37H37F5N8O3/c1-3-24-27(39)6-5-21-13-23(51)14-25(29(21)24)31-30(40)32-26(16-43-31)34(45-35(44-32)53-19-37-8-4-9-48(37)17-22(38)15-37)47-11-12-49(28(18-47)33(41)42)36(52)50-10-7-20(2)46-50/h5-7,10,13-14,16,22,28,33,51H,3-4,8-9,11-12,15,17-19H2,1-2H3/t22-,28?,37+/m1/s1. The summed E-state index contributed by atoms with van der Waals surface area (Å²) in [6, 6.07) is 4.62. The smallest absolute Gasteiger partial charge is 0.345 e. The number of nitrogens with zero attached hydrogens (tertiary/aromatic N) is 8. The Morgan fingerprint density at radius 1 is 1.11 bits per heavy atom. The lowest BCUT2D eigenvalue weighted by atomic mass is 9.94. The van der Waals surface area contributed by atoms with Crippen LogP contribution in [0.2, 0.25) is 0 Å². The third kappa shape index (κ3) is 6.05. The van der Waals surface area contributed by atoms with Crippen molar-refractivity contribution in [3.05, 3.63) is 65.6 Å². The van der Waals surface area contributed by atoms with E-state index in [1.165, 1.54) is 41.6 Å². The van der Waals surface area contributed by atoms with Crippen molar-refractivity contribution in [2.45, 2.75) is 63.7 Å². The molecule has 8 rings (SSSR count). The maximum atomic E-state index is 17.0. The number of pyridine rings is 1. The molecular formula is C37H37F5N8O3. The van der Waals surface area contributed by atoms with Crippen LogP contribution in [-0.4, -0.2) is 109 Å². The summed E-state index contributed by atoms with van der Waals surface area (Å²) in [6.45, 7) is 4.02. The van der Waals surface area contributed by atoms with Crippen LogP contribution in [0.4, 0.5) is 32.6 Å². The summed E-state index contributed by atoms with van der Waals surface area (Å²) in [5, 5.41) is 15.6. The number of aryl methyl sites for hydroxylation is 2. The van der Waals surface area contributed by atoms with Crippen LogP contribution in [0, 0.1) is 18.6 Å². The van der Waals surface area contributed by atoms with Gasteiger partial charge in [0.05, 0.1) is 16.6 Å². The minimum Gasteiger partial charge on any atom is -0.508 e. The minimum absolute atomic E-state index is 0.0273. The van der Waals surface area contributed by atoms with Crippen LogP contribution < -0.4 is 9.64 Å². The number of aromatic hydroxyl groups is 1. The molecule has 278 valence electrons. The number of phenolic OH excluding ortho intramolecular Hbond substituents is 1. The van der Waals surface area contributed by atoms with Crippen molar-refractivity contribution in [2.24, 2.45) is 0 Å². The molecule has 3 fully saturated rings. The SMILES string of the molecule is CCc1c(F)ccc2cc(O)cc(-c3ncc4c(N5CCN(C(=O)n6ccc(C)n6)C(C(F)F)C5)nc(OC[C@@]56CCCN5C[C@H](F)C6)nc4c3F)c12. The topological polar surface area (TPSA) is 113 Å². The first kappa shape index (κ1) is 34.9. The largest absolute Gasteiger partial charge is 0.508 e. The Bertz CT molecular complexity index is 2240. The third-order valence-electron chi connectivity index (χ3n) is 10.8. The number of amides is 1. The summed E-state index contributed by atoms with van der Waals surface area (Å²) in [5.41, 5.74) is -0.0489. The monoisotopic (exact) mass is 736 g/mol. The van der Waals surface area contributed by atoms with Crippen molar-refractivity contribution >= 4 is 33.5 Å². The zero-order chi connectivity index (χ0) is 37.2. The number of rotatable bonds is 7. The minimum atomic E-state index is -2.95. The summed E-state index contributed by atoms with van der Waals surface area (Å²) < 4.78 is 83.2. The number of hydrogen-bond donors (Lipinski definition) is 1. The van der Waals surface area contributed by atoms with E-state index in [2.05, 4.69) is 20.1 Å². The molecule has 3 aromatic heterocycles. The Morgan fingerprint density at radius 3 is 2.70 bits per heavy atom. The number of anilines is 1. The van der Waals surface area contributed by atoms with Gasteiger partial charge in [-0.3, -0.25) is 9.88 Å². The van der Waals surface area contributed by atoms with E-state index in [-0.39, 0.29) is 85.4 Å². The quantitative estimate of drug-likeness (QED) is 0.193. The molecule has 1 N–H and O–H groups in total. The molecule has 0 aliphatic carbocycles. The molecule has 3 saturated heterocycles. The van der Waals surface area contributed by atoms with Crippen LogP contribution in [-0.2, 0) is 6.42 Å². The lowest BCUT2D eigenvalue weighted by Gasteiger charge is -2.41. The van der Waals surface area contributed by atoms with Gasteiger partial charge in [-0.15, -0.1) is 0 Å². The molecule has 16 heteroatoms. The molecular weight excluding hydrogens is 699 g/mol. The molecule has 0 radical (unpaired) electrons. The van der Waals surface area contributed by atoms with E-state index in [0.29, 0.717) is 35.0 Å². The second-order valence-electron chi connectivity index (χ2n) is 14.1. The maximum Gasteiger partial charge on any atom is 0.345 e. The maximum absolute atomic E-state index is 17.0. The number of aromatic nitrogens is 5. The number of fused-ring (bicyclic) bond motifs is 3. The van der Waals surface area contributed by atoms with Gasteiger partial charge in [0.25, 0.3) is 6.43 Å². The van der Waals surface area contributed by atoms with Gasteiger partial charge in [-0.25, -0.2) is 26.7 Å². The van der Waals surface area contributed by atoms with Gasteiger partial charge < -0.3 is 19.6 Å². The molecule has 3 atom stereocenters. The zero-order valence-electron chi connectivity index (χ0n) is 29.1. The Labute approximate surface area is 301 Å². The summed E-state index contributed by atoms with van der Waals surface area (Å²) in [4.78, 5) is 31.4. The van der Waals surface area contributed by atoms with Crippen molar-refractivity contribution in [2.75, 3.05) is 44.2 Å². The van der Waals surface area contributed by atoms with Crippen molar-refractivity contribution in [3.8, 4) is 23.0 Å². The average molecular weight is 737 g/mol. The summed E-state index contributed by atoms with van der Waals surface area (Å²) in [6.07, 6.45) is 0.850. The van der Waals surface area contributed by atoms with Crippen LogP contribution in [0.3, 0.4) is 0 Å². The highest BCUT2D eigenvalue weighted by molar-refractivity contribution is 6.01. The van der Waals surface area contributed by atoms with Crippen LogP contribution in [0.1, 0.15) is 37.4 Å². The van der Waals surface area contributed by atoms with Crippen molar-refractivity contribution < 1.29 is 36.6 Å². The Morgan fingerprint density at radius 2 is 1.94 bits per heavy atom. The first-order valence-corrected chi connectivity index (χ1v) is 17.7. The molecule has 11 nitrogen and oxygen atoms in total. The molecule has 3 aliphatic heterocycles. The molecule has 0 bridgehead atoms. The Balaban J connectivity index is 1.23. The summed E-state index contributed by atoms with van der Waals surface area (Å²) >= 11 is 0. The fourth-order valence-electron chi connectivity index (χ4n) is 8.30. The van der Waals surface area contributed by atoms with Gasteiger partial charge in [-0.2, -0.15) is 19.7 Å². The highest BCUT2D eigenvalue weighted by Gasteiger charge is 2.49. The molecule has 6 heterocycles. The van der Waals surface area contributed by atoms with Crippen molar-refractivity contribution in [1.82, 2.24) is 34.5 Å².